The normalized spacial score (nSPS) is 13.1. The summed E-state index contributed by atoms with van der Waals surface area (Å²) in [5.41, 5.74) is 0. The fourth-order valence-corrected chi connectivity index (χ4v) is 0.691. The van der Waals surface area contributed by atoms with Gasteiger partial charge in [-0.1, -0.05) is 13.3 Å². The van der Waals surface area contributed by atoms with Crippen LogP contribution in [0.2, 0.25) is 0 Å². The van der Waals surface area contributed by atoms with E-state index in [9.17, 15) is 4.79 Å². The quantitative estimate of drug-likeness (QED) is 0.624. The van der Waals surface area contributed by atoms with Crippen LogP contribution in [0.3, 0.4) is 0 Å². The molecule has 0 rings (SSSR count). The molecule has 1 atom stereocenters. The van der Waals surface area contributed by atoms with Gasteiger partial charge in [-0.05, 0) is 19.8 Å². The van der Waals surface area contributed by atoms with E-state index in [0.29, 0.717) is 6.42 Å². The first kappa shape index (κ1) is 8.47. The molecule has 2 nitrogen and oxygen atoms in total. The third-order valence-corrected chi connectivity index (χ3v) is 1.27. The van der Waals surface area contributed by atoms with Crippen molar-refractivity contribution in [1.29, 1.82) is 0 Å². The Morgan fingerprint density at radius 2 is 2.33 bits per heavy atom. The molecule has 1 unspecified atom stereocenters. The van der Waals surface area contributed by atoms with E-state index in [1.54, 1.807) is 0 Å². The van der Waals surface area contributed by atoms with E-state index in [2.05, 4.69) is 0 Å². The smallest absolute Gasteiger partial charge is 0.306 e. The largest absolute Gasteiger partial charge is 0.481 e. The van der Waals surface area contributed by atoms with Gasteiger partial charge in [-0.15, -0.1) is 0 Å². The zero-order valence-corrected chi connectivity index (χ0v) is 5.63. The Labute approximate surface area is 55.9 Å². The highest BCUT2D eigenvalue weighted by Crippen LogP contribution is 2.09. The van der Waals surface area contributed by atoms with Gasteiger partial charge in [0.05, 0.1) is 5.92 Å². The number of carboxylic acids is 1. The van der Waals surface area contributed by atoms with Crippen molar-refractivity contribution in [3.05, 3.63) is 6.92 Å². The standard InChI is InChI=1S/C7H12O2/c1-3-5-6(4-2)7(8)9/h2,6H,3-5H2,1H3,(H,8,9). The molecule has 0 aromatic rings. The van der Waals surface area contributed by atoms with Crippen LogP contribution in [0.1, 0.15) is 26.2 Å². The van der Waals surface area contributed by atoms with E-state index in [1.165, 1.54) is 0 Å². The molecular formula is C7H12O2. The molecule has 0 aliphatic rings. The number of carboxylic acid groups (broad SMARTS) is 1. The van der Waals surface area contributed by atoms with Crippen molar-refractivity contribution < 1.29 is 9.90 Å². The lowest BCUT2D eigenvalue weighted by Crippen LogP contribution is -2.11. The monoisotopic (exact) mass is 128 g/mol. The van der Waals surface area contributed by atoms with E-state index >= 15 is 0 Å². The van der Waals surface area contributed by atoms with E-state index < -0.39 is 5.97 Å². The average molecular weight is 128 g/mol. The molecule has 0 spiro atoms. The molecule has 0 aromatic carbocycles. The Morgan fingerprint density at radius 1 is 1.78 bits per heavy atom. The van der Waals surface area contributed by atoms with Crippen LogP contribution < -0.4 is 0 Å². The summed E-state index contributed by atoms with van der Waals surface area (Å²) in [6.45, 7) is 7.13. The Kier molecular flexibility index (Phi) is 4.10. The molecule has 0 aromatic heterocycles. The summed E-state index contributed by atoms with van der Waals surface area (Å²) in [5, 5.41) is 8.42. The number of hydrogen-bond donors (Lipinski definition) is 1. The van der Waals surface area contributed by atoms with E-state index in [4.69, 9.17) is 12.0 Å². The highest BCUT2D eigenvalue weighted by atomic mass is 16.4. The summed E-state index contributed by atoms with van der Waals surface area (Å²) >= 11 is 0. The molecule has 0 aliphatic carbocycles. The second-order valence-electron chi connectivity index (χ2n) is 2.06. The molecule has 0 aliphatic heterocycles. The van der Waals surface area contributed by atoms with Crippen molar-refractivity contribution in [3.8, 4) is 0 Å². The van der Waals surface area contributed by atoms with E-state index in [0.717, 1.165) is 6.42 Å². The molecule has 0 bridgehead atoms. The van der Waals surface area contributed by atoms with Crippen LogP contribution in [0.15, 0.2) is 0 Å². The SMILES string of the molecule is [CH]CC(CCC)C(=O)O. The van der Waals surface area contributed by atoms with Gasteiger partial charge in [-0.2, -0.15) is 0 Å². The van der Waals surface area contributed by atoms with Crippen LogP contribution in [0, 0.1) is 12.8 Å². The summed E-state index contributed by atoms with van der Waals surface area (Å²) in [6, 6.07) is 0. The zero-order valence-electron chi connectivity index (χ0n) is 5.63. The summed E-state index contributed by atoms with van der Waals surface area (Å²) < 4.78 is 0. The molecule has 2 heteroatoms. The Morgan fingerprint density at radius 3 is 2.44 bits per heavy atom. The molecule has 0 heterocycles. The minimum atomic E-state index is -0.778. The second-order valence-corrected chi connectivity index (χ2v) is 2.06. The predicted molar refractivity (Wildman–Crippen MR) is 35.0 cm³/mol. The number of carbonyl (C=O) groups is 1. The van der Waals surface area contributed by atoms with Gasteiger partial charge in [0.15, 0.2) is 0 Å². The molecule has 0 fully saturated rings. The molecule has 0 saturated heterocycles. The van der Waals surface area contributed by atoms with Crippen LogP contribution in [-0.2, 0) is 4.79 Å². The minimum absolute atomic E-state index is 0.253. The fourth-order valence-electron chi connectivity index (χ4n) is 0.691. The van der Waals surface area contributed by atoms with Gasteiger partial charge in [0.25, 0.3) is 0 Å². The van der Waals surface area contributed by atoms with Crippen LogP contribution in [0.5, 0.6) is 0 Å². The Hall–Kier alpha value is -0.530. The third-order valence-electron chi connectivity index (χ3n) is 1.27. The maximum atomic E-state index is 10.2. The van der Waals surface area contributed by atoms with E-state index in [-0.39, 0.29) is 12.3 Å². The predicted octanol–water partition coefficient (Wildman–Crippen LogP) is 1.59. The second kappa shape index (κ2) is 4.36. The lowest BCUT2D eigenvalue weighted by molar-refractivity contribution is -0.141. The van der Waals surface area contributed by atoms with Gasteiger partial charge in [0.2, 0.25) is 0 Å². The summed E-state index contributed by atoms with van der Waals surface area (Å²) in [7, 11) is 0. The lowest BCUT2D eigenvalue weighted by atomic mass is 10.0. The summed E-state index contributed by atoms with van der Waals surface area (Å²) in [5.74, 6) is -1.12. The molecule has 1 N–H and O–H groups in total. The van der Waals surface area contributed by atoms with Gasteiger partial charge in [-0.25, -0.2) is 0 Å². The summed E-state index contributed by atoms with van der Waals surface area (Å²) in [4.78, 5) is 10.2. The van der Waals surface area contributed by atoms with Crippen molar-refractivity contribution in [1.82, 2.24) is 0 Å². The average Bonchev–Trinajstić information content (AvgIpc) is 1.82. The van der Waals surface area contributed by atoms with Gasteiger partial charge < -0.3 is 5.11 Å². The minimum Gasteiger partial charge on any atom is -0.481 e. The number of hydrogen-bond acceptors (Lipinski definition) is 1. The van der Waals surface area contributed by atoms with Crippen LogP contribution in [0.4, 0.5) is 0 Å². The van der Waals surface area contributed by atoms with Crippen LogP contribution in [0.25, 0.3) is 0 Å². The molecule has 2 radical (unpaired) electrons. The van der Waals surface area contributed by atoms with Crippen molar-refractivity contribution in [3.63, 3.8) is 0 Å². The fraction of sp³-hybridized carbons (Fsp3) is 0.714. The third kappa shape index (κ3) is 3.12. The van der Waals surface area contributed by atoms with Crippen molar-refractivity contribution >= 4 is 5.97 Å². The first-order valence-corrected chi connectivity index (χ1v) is 3.15. The number of rotatable bonds is 4. The van der Waals surface area contributed by atoms with Crippen LogP contribution >= 0.6 is 0 Å². The molecule has 0 amide bonds. The van der Waals surface area contributed by atoms with Gasteiger partial charge in [0.1, 0.15) is 0 Å². The Balaban J connectivity index is 3.54. The zero-order chi connectivity index (χ0) is 7.28. The van der Waals surface area contributed by atoms with Crippen molar-refractivity contribution in [2.75, 3.05) is 0 Å². The molecular weight excluding hydrogens is 116 g/mol. The highest BCUT2D eigenvalue weighted by molar-refractivity contribution is 5.69. The maximum Gasteiger partial charge on any atom is 0.306 e. The highest BCUT2D eigenvalue weighted by Gasteiger charge is 2.12. The van der Waals surface area contributed by atoms with Crippen LogP contribution in [-0.4, -0.2) is 11.1 Å². The first-order valence-electron chi connectivity index (χ1n) is 3.15. The van der Waals surface area contributed by atoms with Gasteiger partial charge in [-0.3, -0.25) is 4.79 Å². The van der Waals surface area contributed by atoms with Crippen molar-refractivity contribution in [2.24, 2.45) is 5.92 Å². The topological polar surface area (TPSA) is 37.3 Å². The molecule has 9 heavy (non-hydrogen) atoms. The van der Waals surface area contributed by atoms with Gasteiger partial charge >= 0.3 is 5.97 Å². The Bertz CT molecular complexity index is 88.9. The molecule has 52 valence electrons. The molecule has 0 saturated carbocycles. The lowest BCUT2D eigenvalue weighted by Gasteiger charge is -2.05. The van der Waals surface area contributed by atoms with Gasteiger partial charge in [0, 0.05) is 0 Å². The van der Waals surface area contributed by atoms with Crippen molar-refractivity contribution in [2.45, 2.75) is 26.2 Å². The summed E-state index contributed by atoms with van der Waals surface area (Å²) in [6.07, 6.45) is 1.82. The number of aliphatic carboxylic acids is 1. The van der Waals surface area contributed by atoms with E-state index in [1.807, 2.05) is 6.92 Å². The first-order chi connectivity index (χ1) is 4.22. The maximum absolute atomic E-state index is 10.2.